The van der Waals surface area contributed by atoms with Crippen molar-refractivity contribution in [3.05, 3.63) is 16.9 Å². The van der Waals surface area contributed by atoms with E-state index < -0.39 is 0 Å². The van der Waals surface area contributed by atoms with E-state index in [9.17, 15) is 0 Å². The monoisotopic (exact) mass is 302 g/mol. The summed E-state index contributed by atoms with van der Waals surface area (Å²) in [5.74, 6) is 0.380. The van der Waals surface area contributed by atoms with E-state index in [0.29, 0.717) is 10.9 Å². The average Bonchev–Trinajstić information content (AvgIpc) is 2.74. The number of halogens is 1. The SMILES string of the molecule is CNC(c1c(Cl)cnn1CCN(C)C)C(OC)C(C)C. The van der Waals surface area contributed by atoms with Crippen LogP contribution in [0, 0.1) is 5.92 Å². The molecule has 0 aliphatic carbocycles. The van der Waals surface area contributed by atoms with E-state index in [-0.39, 0.29) is 12.1 Å². The van der Waals surface area contributed by atoms with E-state index in [1.165, 1.54) is 0 Å². The highest BCUT2D eigenvalue weighted by atomic mass is 35.5. The minimum atomic E-state index is 0.0252. The number of hydrogen-bond acceptors (Lipinski definition) is 4. The van der Waals surface area contributed by atoms with Crippen molar-refractivity contribution in [1.29, 1.82) is 0 Å². The molecule has 0 amide bonds. The summed E-state index contributed by atoms with van der Waals surface area (Å²) in [6, 6.07) is 0.0252. The lowest BCUT2D eigenvalue weighted by Gasteiger charge is -2.29. The van der Waals surface area contributed by atoms with Gasteiger partial charge in [-0.05, 0) is 27.1 Å². The summed E-state index contributed by atoms with van der Waals surface area (Å²) in [5, 5.41) is 8.40. The molecular formula is C14H27ClN4O. The zero-order valence-corrected chi connectivity index (χ0v) is 14.1. The normalized spacial score (nSPS) is 15.1. The van der Waals surface area contributed by atoms with E-state index in [4.69, 9.17) is 16.3 Å². The summed E-state index contributed by atoms with van der Waals surface area (Å²) in [7, 11) is 7.76. The van der Waals surface area contributed by atoms with E-state index in [0.717, 1.165) is 18.8 Å². The molecule has 0 spiro atoms. The zero-order valence-electron chi connectivity index (χ0n) is 13.4. The van der Waals surface area contributed by atoms with Crippen LogP contribution in [0.4, 0.5) is 0 Å². The lowest BCUT2D eigenvalue weighted by molar-refractivity contribution is 0.0322. The van der Waals surface area contributed by atoms with Crippen molar-refractivity contribution in [3.63, 3.8) is 0 Å². The predicted octanol–water partition coefficient (Wildman–Crippen LogP) is 2.03. The smallest absolute Gasteiger partial charge is 0.0835 e. The van der Waals surface area contributed by atoms with Crippen LogP contribution in [0.3, 0.4) is 0 Å². The van der Waals surface area contributed by atoms with Crippen LogP contribution < -0.4 is 5.32 Å². The molecule has 6 heteroatoms. The molecule has 0 aliphatic rings. The molecule has 1 N–H and O–H groups in total. The van der Waals surface area contributed by atoms with Gasteiger partial charge in [-0.3, -0.25) is 4.68 Å². The molecule has 1 rings (SSSR count). The van der Waals surface area contributed by atoms with Crippen molar-refractivity contribution in [3.8, 4) is 0 Å². The fourth-order valence-electron chi connectivity index (χ4n) is 2.40. The first-order chi connectivity index (χ1) is 9.42. The number of rotatable bonds is 8. The van der Waals surface area contributed by atoms with E-state index in [1.807, 2.05) is 25.8 Å². The standard InChI is InChI=1S/C14H27ClN4O/c1-10(2)14(20-6)12(16-3)13-11(15)9-17-19(13)8-7-18(4)5/h9-10,12,14,16H,7-8H2,1-6H3. The summed E-state index contributed by atoms with van der Waals surface area (Å²) in [6.45, 7) is 6.02. The second-order valence-electron chi connectivity index (χ2n) is 5.61. The average molecular weight is 303 g/mol. The van der Waals surface area contributed by atoms with Crippen LogP contribution in [0.5, 0.6) is 0 Å². The number of nitrogens with one attached hydrogen (secondary N) is 1. The van der Waals surface area contributed by atoms with Crippen LogP contribution in [0.2, 0.25) is 5.02 Å². The Balaban J connectivity index is 3.04. The Bertz CT molecular complexity index is 406. The Morgan fingerprint density at radius 1 is 1.45 bits per heavy atom. The zero-order chi connectivity index (χ0) is 15.3. The second kappa shape index (κ2) is 7.98. The van der Waals surface area contributed by atoms with Crippen LogP contribution in [0.25, 0.3) is 0 Å². The molecule has 0 fully saturated rings. The largest absolute Gasteiger partial charge is 0.379 e. The van der Waals surface area contributed by atoms with Crippen molar-refractivity contribution in [2.75, 3.05) is 34.8 Å². The third-order valence-corrected chi connectivity index (χ3v) is 3.75. The Labute approximate surface area is 127 Å². The Morgan fingerprint density at radius 3 is 2.55 bits per heavy atom. The van der Waals surface area contributed by atoms with Gasteiger partial charge in [-0.1, -0.05) is 25.4 Å². The van der Waals surface area contributed by atoms with Gasteiger partial charge in [0.1, 0.15) is 0 Å². The van der Waals surface area contributed by atoms with Crippen LogP contribution >= 0.6 is 11.6 Å². The molecule has 0 bridgehead atoms. The van der Waals surface area contributed by atoms with E-state index in [2.05, 4.69) is 29.2 Å². The predicted molar refractivity (Wildman–Crippen MR) is 83.2 cm³/mol. The topological polar surface area (TPSA) is 42.3 Å². The molecule has 1 aromatic heterocycles. The molecule has 116 valence electrons. The van der Waals surface area contributed by atoms with Crippen molar-refractivity contribution in [1.82, 2.24) is 20.0 Å². The lowest BCUT2D eigenvalue weighted by atomic mass is 9.97. The highest BCUT2D eigenvalue weighted by Gasteiger charge is 2.29. The molecule has 1 aromatic rings. The molecule has 20 heavy (non-hydrogen) atoms. The third kappa shape index (κ3) is 4.19. The molecule has 0 saturated carbocycles. The van der Waals surface area contributed by atoms with Gasteiger partial charge in [0.2, 0.25) is 0 Å². The van der Waals surface area contributed by atoms with E-state index in [1.54, 1.807) is 13.3 Å². The van der Waals surface area contributed by atoms with Crippen LogP contribution in [0.15, 0.2) is 6.20 Å². The number of nitrogens with zero attached hydrogens (tertiary/aromatic N) is 3. The summed E-state index contributed by atoms with van der Waals surface area (Å²) < 4.78 is 7.62. The summed E-state index contributed by atoms with van der Waals surface area (Å²) in [4.78, 5) is 2.13. The Morgan fingerprint density at radius 2 is 2.10 bits per heavy atom. The quantitative estimate of drug-likeness (QED) is 0.798. The molecule has 0 saturated heterocycles. The van der Waals surface area contributed by atoms with Gasteiger partial charge < -0.3 is 15.0 Å². The van der Waals surface area contributed by atoms with Crippen LogP contribution in [-0.2, 0) is 11.3 Å². The molecular weight excluding hydrogens is 276 g/mol. The number of likely N-dealkylation sites (N-methyl/N-ethyl adjacent to an activating group) is 2. The van der Waals surface area contributed by atoms with Gasteiger partial charge in [-0.25, -0.2) is 0 Å². The number of methoxy groups -OCH3 is 1. The third-order valence-electron chi connectivity index (χ3n) is 3.46. The molecule has 0 aromatic carbocycles. The van der Waals surface area contributed by atoms with Gasteiger partial charge in [0.15, 0.2) is 0 Å². The second-order valence-corrected chi connectivity index (χ2v) is 6.02. The van der Waals surface area contributed by atoms with Gasteiger partial charge in [-0.15, -0.1) is 0 Å². The van der Waals surface area contributed by atoms with E-state index >= 15 is 0 Å². The number of aromatic nitrogens is 2. The molecule has 0 aliphatic heterocycles. The molecule has 5 nitrogen and oxygen atoms in total. The van der Waals surface area contributed by atoms with Crippen LogP contribution in [0.1, 0.15) is 25.6 Å². The highest BCUT2D eigenvalue weighted by molar-refractivity contribution is 6.31. The molecule has 0 radical (unpaired) electrons. The molecule has 2 unspecified atom stereocenters. The molecule has 2 atom stereocenters. The van der Waals surface area contributed by atoms with Gasteiger partial charge in [0, 0.05) is 13.7 Å². The Kier molecular flexibility index (Phi) is 6.95. The summed E-state index contributed by atoms with van der Waals surface area (Å²) >= 11 is 6.35. The number of hydrogen-bond donors (Lipinski definition) is 1. The van der Waals surface area contributed by atoms with Gasteiger partial charge in [-0.2, -0.15) is 5.10 Å². The Hall–Kier alpha value is -0.620. The summed E-state index contributed by atoms with van der Waals surface area (Å²) in [6.07, 6.45) is 1.76. The van der Waals surface area contributed by atoms with Crippen LogP contribution in [-0.4, -0.2) is 55.6 Å². The first kappa shape index (κ1) is 17.4. The minimum absolute atomic E-state index is 0.0252. The first-order valence-corrected chi connectivity index (χ1v) is 7.36. The van der Waals surface area contributed by atoms with Gasteiger partial charge >= 0.3 is 0 Å². The van der Waals surface area contributed by atoms with Crippen molar-refractivity contribution in [2.45, 2.75) is 32.5 Å². The maximum absolute atomic E-state index is 6.35. The highest BCUT2D eigenvalue weighted by Crippen LogP contribution is 2.29. The number of ether oxygens (including phenoxy) is 1. The maximum atomic E-state index is 6.35. The van der Waals surface area contributed by atoms with Crippen molar-refractivity contribution in [2.24, 2.45) is 5.92 Å². The first-order valence-electron chi connectivity index (χ1n) is 6.98. The van der Waals surface area contributed by atoms with Crippen molar-refractivity contribution >= 4 is 11.6 Å². The fourth-order valence-corrected chi connectivity index (χ4v) is 2.66. The van der Waals surface area contributed by atoms with Crippen molar-refractivity contribution < 1.29 is 4.74 Å². The minimum Gasteiger partial charge on any atom is -0.379 e. The fraction of sp³-hybridized carbons (Fsp3) is 0.786. The maximum Gasteiger partial charge on any atom is 0.0835 e. The molecule has 1 heterocycles. The van der Waals surface area contributed by atoms with Gasteiger partial charge in [0.05, 0.1) is 35.6 Å². The van der Waals surface area contributed by atoms with Gasteiger partial charge in [0.25, 0.3) is 0 Å². The summed E-state index contributed by atoms with van der Waals surface area (Å²) in [5.41, 5.74) is 0.997. The lowest BCUT2D eigenvalue weighted by Crippen LogP contribution is -2.37.